The Bertz CT molecular complexity index is 826. The molecular formula is C19H23ClN4O2. The molecule has 0 unspecified atom stereocenters. The summed E-state index contributed by atoms with van der Waals surface area (Å²) in [6, 6.07) is 8.76. The molecule has 7 heteroatoms. The summed E-state index contributed by atoms with van der Waals surface area (Å²) in [5.74, 6) is -0.230. The Balaban J connectivity index is 1.72. The number of amides is 2. The van der Waals surface area contributed by atoms with E-state index in [0.717, 1.165) is 11.9 Å². The fourth-order valence-corrected chi connectivity index (χ4v) is 3.64. The normalized spacial score (nSPS) is 20.3. The average molecular weight is 375 g/mol. The van der Waals surface area contributed by atoms with Gasteiger partial charge in [0.25, 0.3) is 5.91 Å². The van der Waals surface area contributed by atoms with Crippen LogP contribution in [0.2, 0.25) is 5.02 Å². The number of halogens is 1. The van der Waals surface area contributed by atoms with Crippen molar-refractivity contribution in [3.63, 3.8) is 0 Å². The van der Waals surface area contributed by atoms with E-state index >= 15 is 0 Å². The van der Waals surface area contributed by atoms with Gasteiger partial charge in [-0.3, -0.25) is 14.5 Å². The summed E-state index contributed by atoms with van der Waals surface area (Å²) in [6.45, 7) is 5.93. The molecule has 2 amide bonds. The molecule has 1 aromatic carbocycles. The predicted octanol–water partition coefficient (Wildman–Crippen LogP) is 2.22. The zero-order valence-electron chi connectivity index (χ0n) is 15.0. The van der Waals surface area contributed by atoms with Crippen molar-refractivity contribution in [2.24, 2.45) is 0 Å². The molecule has 1 aromatic heterocycles. The Kier molecular flexibility index (Phi) is 5.74. The average Bonchev–Trinajstić information content (AvgIpc) is 3.05. The fourth-order valence-electron chi connectivity index (χ4n) is 3.42. The van der Waals surface area contributed by atoms with Gasteiger partial charge in [-0.1, -0.05) is 36.7 Å². The summed E-state index contributed by atoms with van der Waals surface area (Å²) in [5.41, 5.74) is 0.943. The number of fused-ring (bicyclic) bond motifs is 1. The molecule has 2 atom stereocenters. The van der Waals surface area contributed by atoms with E-state index in [-0.39, 0.29) is 23.9 Å². The summed E-state index contributed by atoms with van der Waals surface area (Å²) in [6.07, 6.45) is 0.597. The maximum absolute atomic E-state index is 12.6. The molecule has 0 spiro atoms. The highest BCUT2D eigenvalue weighted by molar-refractivity contribution is 6.35. The van der Waals surface area contributed by atoms with E-state index in [1.807, 2.05) is 32.0 Å². The van der Waals surface area contributed by atoms with Crippen LogP contribution in [-0.4, -0.2) is 53.4 Å². The highest BCUT2D eigenvalue weighted by Crippen LogP contribution is 2.22. The first-order valence-electron chi connectivity index (χ1n) is 8.91. The van der Waals surface area contributed by atoms with Gasteiger partial charge in [-0.2, -0.15) is 0 Å². The van der Waals surface area contributed by atoms with Gasteiger partial charge in [0, 0.05) is 24.5 Å². The second-order valence-electron chi connectivity index (χ2n) is 6.41. The molecule has 1 saturated heterocycles. The molecule has 2 heterocycles. The highest BCUT2D eigenvalue weighted by Gasteiger charge is 2.36. The van der Waals surface area contributed by atoms with Gasteiger partial charge in [0.2, 0.25) is 5.91 Å². The van der Waals surface area contributed by atoms with Crippen LogP contribution >= 0.6 is 11.6 Å². The lowest BCUT2D eigenvalue weighted by Gasteiger charge is -2.20. The van der Waals surface area contributed by atoms with Gasteiger partial charge in [-0.25, -0.2) is 4.98 Å². The van der Waals surface area contributed by atoms with Crippen LogP contribution in [0, 0.1) is 0 Å². The van der Waals surface area contributed by atoms with Crippen molar-refractivity contribution in [2.45, 2.75) is 32.4 Å². The van der Waals surface area contributed by atoms with Crippen LogP contribution in [0.15, 0.2) is 30.3 Å². The third kappa shape index (κ3) is 3.81. The van der Waals surface area contributed by atoms with Gasteiger partial charge in [0.1, 0.15) is 5.69 Å². The molecular weight excluding hydrogens is 352 g/mol. The Morgan fingerprint density at radius 3 is 2.81 bits per heavy atom. The number of aromatic nitrogens is 1. The number of hydrogen-bond acceptors (Lipinski definition) is 4. The second kappa shape index (κ2) is 8.01. The number of hydrogen-bond donors (Lipinski definition) is 2. The smallest absolute Gasteiger partial charge is 0.270 e. The number of carbonyl (C=O) groups excluding carboxylic acids is 2. The molecule has 138 valence electrons. The SMILES string of the molecule is CCNC(=O)[C@@H]1C[C@H](NC(=O)c2ccc3cccc(Cl)c3n2)CN1CC. The molecule has 1 aliphatic rings. The largest absolute Gasteiger partial charge is 0.355 e. The maximum Gasteiger partial charge on any atom is 0.270 e. The topological polar surface area (TPSA) is 74.3 Å². The van der Waals surface area contributed by atoms with Gasteiger partial charge in [-0.15, -0.1) is 0 Å². The lowest BCUT2D eigenvalue weighted by Crippen LogP contribution is -2.42. The minimum Gasteiger partial charge on any atom is -0.355 e. The van der Waals surface area contributed by atoms with E-state index in [4.69, 9.17) is 11.6 Å². The Morgan fingerprint density at radius 1 is 1.27 bits per heavy atom. The Hall–Kier alpha value is -2.18. The lowest BCUT2D eigenvalue weighted by atomic mass is 10.1. The number of nitrogens with one attached hydrogen (secondary N) is 2. The monoisotopic (exact) mass is 374 g/mol. The molecule has 0 bridgehead atoms. The van der Waals surface area contributed by atoms with Gasteiger partial charge >= 0.3 is 0 Å². The molecule has 26 heavy (non-hydrogen) atoms. The number of pyridine rings is 1. The van der Waals surface area contributed by atoms with Crippen LogP contribution < -0.4 is 10.6 Å². The van der Waals surface area contributed by atoms with Crippen molar-refractivity contribution in [1.82, 2.24) is 20.5 Å². The summed E-state index contributed by atoms with van der Waals surface area (Å²) < 4.78 is 0. The van der Waals surface area contributed by atoms with E-state index in [0.29, 0.717) is 35.7 Å². The van der Waals surface area contributed by atoms with E-state index in [9.17, 15) is 9.59 Å². The van der Waals surface area contributed by atoms with E-state index in [1.54, 1.807) is 12.1 Å². The highest BCUT2D eigenvalue weighted by atomic mass is 35.5. The van der Waals surface area contributed by atoms with Crippen LogP contribution in [0.3, 0.4) is 0 Å². The summed E-state index contributed by atoms with van der Waals surface area (Å²) in [4.78, 5) is 31.3. The molecule has 2 N–H and O–H groups in total. The van der Waals surface area contributed by atoms with Gasteiger partial charge in [0.15, 0.2) is 0 Å². The number of benzene rings is 1. The zero-order valence-corrected chi connectivity index (χ0v) is 15.7. The Labute approximate surface area is 157 Å². The van der Waals surface area contributed by atoms with Crippen molar-refractivity contribution in [3.8, 4) is 0 Å². The number of para-hydroxylation sites is 1. The standard InChI is InChI=1S/C19H23ClN4O2/c1-3-21-19(26)16-10-13(11-24(16)4-2)22-18(25)15-9-8-12-6-5-7-14(20)17(12)23-15/h5-9,13,16H,3-4,10-11H2,1-2H3,(H,21,26)(H,22,25)/t13-,16-/m0/s1. The van der Waals surface area contributed by atoms with Crippen molar-refractivity contribution < 1.29 is 9.59 Å². The minimum atomic E-state index is -0.246. The molecule has 1 fully saturated rings. The van der Waals surface area contributed by atoms with Crippen LogP contribution in [0.4, 0.5) is 0 Å². The third-order valence-electron chi connectivity index (χ3n) is 4.70. The summed E-state index contributed by atoms with van der Waals surface area (Å²) >= 11 is 6.18. The van der Waals surface area contributed by atoms with E-state index < -0.39 is 0 Å². The molecule has 0 radical (unpaired) electrons. The number of rotatable bonds is 5. The van der Waals surface area contributed by atoms with Gasteiger partial charge in [-0.05, 0) is 32.0 Å². The van der Waals surface area contributed by atoms with Crippen molar-refractivity contribution in [1.29, 1.82) is 0 Å². The quantitative estimate of drug-likeness (QED) is 0.841. The van der Waals surface area contributed by atoms with Crippen molar-refractivity contribution in [3.05, 3.63) is 41.0 Å². The number of carbonyl (C=O) groups is 2. The maximum atomic E-state index is 12.6. The Morgan fingerprint density at radius 2 is 2.08 bits per heavy atom. The van der Waals surface area contributed by atoms with Crippen molar-refractivity contribution in [2.75, 3.05) is 19.6 Å². The third-order valence-corrected chi connectivity index (χ3v) is 5.01. The predicted molar refractivity (Wildman–Crippen MR) is 102 cm³/mol. The first-order valence-corrected chi connectivity index (χ1v) is 9.29. The minimum absolute atomic E-state index is 0.0155. The van der Waals surface area contributed by atoms with Crippen LogP contribution in [0.1, 0.15) is 30.8 Å². The van der Waals surface area contributed by atoms with Crippen LogP contribution in [0.25, 0.3) is 10.9 Å². The molecule has 2 aromatic rings. The van der Waals surface area contributed by atoms with Crippen LogP contribution in [-0.2, 0) is 4.79 Å². The fraction of sp³-hybridized carbons (Fsp3) is 0.421. The lowest BCUT2D eigenvalue weighted by molar-refractivity contribution is -0.125. The zero-order chi connectivity index (χ0) is 18.7. The van der Waals surface area contributed by atoms with Gasteiger partial charge < -0.3 is 10.6 Å². The molecule has 1 aliphatic heterocycles. The van der Waals surface area contributed by atoms with Crippen molar-refractivity contribution >= 4 is 34.3 Å². The summed E-state index contributed by atoms with van der Waals surface area (Å²) in [5, 5.41) is 7.28. The van der Waals surface area contributed by atoms with Gasteiger partial charge in [0.05, 0.1) is 16.6 Å². The number of likely N-dealkylation sites (tertiary alicyclic amines) is 1. The molecule has 0 aliphatic carbocycles. The van der Waals surface area contributed by atoms with Crippen LogP contribution in [0.5, 0.6) is 0 Å². The number of likely N-dealkylation sites (N-methyl/N-ethyl adjacent to an activating group) is 2. The summed E-state index contributed by atoms with van der Waals surface area (Å²) in [7, 11) is 0. The molecule has 3 rings (SSSR count). The number of nitrogens with zero attached hydrogens (tertiary/aromatic N) is 2. The first kappa shape index (κ1) is 18.6. The molecule has 6 nitrogen and oxygen atoms in total. The van der Waals surface area contributed by atoms with E-state index in [2.05, 4.69) is 20.5 Å². The molecule has 0 saturated carbocycles. The van der Waals surface area contributed by atoms with E-state index in [1.165, 1.54) is 0 Å². The first-order chi connectivity index (χ1) is 12.5. The second-order valence-corrected chi connectivity index (χ2v) is 6.82.